The summed E-state index contributed by atoms with van der Waals surface area (Å²) in [4.78, 5) is 11.3. The lowest BCUT2D eigenvalue weighted by Gasteiger charge is -2.42. The van der Waals surface area contributed by atoms with Crippen LogP contribution in [0.4, 0.5) is 13.2 Å². The predicted molar refractivity (Wildman–Crippen MR) is 84.9 cm³/mol. The van der Waals surface area contributed by atoms with Crippen LogP contribution in [-0.4, -0.2) is 35.9 Å². The Kier molecular flexibility index (Phi) is 5.42. The minimum absolute atomic E-state index is 0.0280. The lowest BCUT2D eigenvalue weighted by molar-refractivity contribution is -0.150. The van der Waals surface area contributed by atoms with Gasteiger partial charge in [0.1, 0.15) is 10.4 Å². The molecule has 0 amide bonds. The Hall–Kier alpha value is -1.32. The van der Waals surface area contributed by atoms with Crippen LogP contribution in [0.2, 0.25) is 5.02 Å². The van der Waals surface area contributed by atoms with E-state index in [0.29, 0.717) is 25.0 Å². The van der Waals surface area contributed by atoms with Crippen molar-refractivity contribution in [2.45, 2.75) is 49.2 Å². The van der Waals surface area contributed by atoms with Gasteiger partial charge in [-0.2, -0.15) is 17.5 Å². The van der Waals surface area contributed by atoms with Crippen molar-refractivity contribution in [3.8, 4) is 0 Å². The van der Waals surface area contributed by atoms with Crippen molar-refractivity contribution in [2.24, 2.45) is 0 Å². The molecule has 140 valence electrons. The summed E-state index contributed by atoms with van der Waals surface area (Å²) in [6, 6.07) is 1.93. The van der Waals surface area contributed by atoms with E-state index in [-0.39, 0.29) is 19.4 Å². The van der Waals surface area contributed by atoms with Crippen LogP contribution in [0.15, 0.2) is 23.1 Å². The average molecular weight is 400 g/mol. The molecular weight excluding hydrogens is 383 g/mol. The number of aliphatic carboxylic acids is 1. The molecule has 0 saturated carbocycles. The molecule has 0 radical (unpaired) electrons. The van der Waals surface area contributed by atoms with Crippen molar-refractivity contribution in [3.63, 3.8) is 0 Å². The van der Waals surface area contributed by atoms with Gasteiger partial charge >= 0.3 is 12.1 Å². The van der Waals surface area contributed by atoms with Crippen molar-refractivity contribution >= 4 is 27.6 Å². The molecule has 1 aliphatic rings. The molecule has 1 saturated heterocycles. The highest BCUT2D eigenvalue weighted by Gasteiger charge is 2.50. The summed E-state index contributed by atoms with van der Waals surface area (Å²) in [6.07, 6.45) is -3.47. The van der Waals surface area contributed by atoms with Crippen LogP contribution in [0, 0.1) is 0 Å². The van der Waals surface area contributed by atoms with Gasteiger partial charge in [-0.05, 0) is 43.9 Å². The van der Waals surface area contributed by atoms with Gasteiger partial charge in [0.05, 0.1) is 10.6 Å². The maximum atomic E-state index is 12.9. The summed E-state index contributed by atoms with van der Waals surface area (Å²) < 4.78 is 65.0. The first kappa shape index (κ1) is 20.0. The first-order chi connectivity index (χ1) is 11.5. The Morgan fingerprint density at radius 1 is 1.36 bits per heavy atom. The number of hydrogen-bond donors (Lipinski definition) is 1. The molecule has 1 atom stereocenters. The molecule has 1 heterocycles. The van der Waals surface area contributed by atoms with E-state index in [0.717, 1.165) is 10.4 Å². The fourth-order valence-electron chi connectivity index (χ4n) is 3.08. The topological polar surface area (TPSA) is 74.7 Å². The molecule has 10 heteroatoms. The molecule has 1 aromatic rings. The van der Waals surface area contributed by atoms with Gasteiger partial charge < -0.3 is 5.11 Å². The molecule has 5 nitrogen and oxygen atoms in total. The van der Waals surface area contributed by atoms with E-state index in [1.165, 1.54) is 0 Å². The zero-order valence-electron chi connectivity index (χ0n) is 13.3. The van der Waals surface area contributed by atoms with Crippen LogP contribution < -0.4 is 0 Å². The Balaban J connectivity index is 2.55. The van der Waals surface area contributed by atoms with E-state index in [2.05, 4.69) is 0 Å². The van der Waals surface area contributed by atoms with Crippen LogP contribution >= 0.6 is 11.6 Å². The predicted octanol–water partition coefficient (Wildman–Crippen LogP) is 3.77. The Morgan fingerprint density at radius 2 is 2.00 bits per heavy atom. The molecule has 0 unspecified atom stereocenters. The second-order valence-corrected chi connectivity index (χ2v) is 8.11. The number of carbonyl (C=O) groups is 1. The van der Waals surface area contributed by atoms with Crippen LogP contribution in [0.1, 0.15) is 38.2 Å². The van der Waals surface area contributed by atoms with Crippen LogP contribution in [-0.2, 0) is 21.0 Å². The summed E-state index contributed by atoms with van der Waals surface area (Å²) in [5, 5.41) is 9.01. The molecule has 1 aromatic carbocycles. The lowest BCUT2D eigenvalue weighted by Crippen LogP contribution is -2.58. The van der Waals surface area contributed by atoms with E-state index >= 15 is 0 Å². The first-order valence-corrected chi connectivity index (χ1v) is 9.41. The molecule has 25 heavy (non-hydrogen) atoms. The third-order valence-electron chi connectivity index (χ3n) is 4.49. The van der Waals surface area contributed by atoms with E-state index in [4.69, 9.17) is 11.6 Å². The third kappa shape index (κ3) is 3.50. The third-order valence-corrected chi connectivity index (χ3v) is 6.94. The quantitative estimate of drug-likeness (QED) is 0.836. The fraction of sp³-hybridized carbons (Fsp3) is 0.533. The maximum Gasteiger partial charge on any atom is 0.416 e. The van der Waals surface area contributed by atoms with Gasteiger partial charge in [0.25, 0.3) is 0 Å². The Labute approximate surface area is 148 Å². The zero-order valence-corrected chi connectivity index (χ0v) is 14.9. The van der Waals surface area contributed by atoms with Gasteiger partial charge in [-0.25, -0.2) is 8.42 Å². The van der Waals surface area contributed by atoms with Crippen LogP contribution in [0.25, 0.3) is 0 Å². The van der Waals surface area contributed by atoms with Crippen molar-refractivity contribution < 1.29 is 31.5 Å². The van der Waals surface area contributed by atoms with E-state index in [9.17, 15) is 31.5 Å². The van der Waals surface area contributed by atoms with Gasteiger partial charge in [0.15, 0.2) is 0 Å². The maximum absolute atomic E-state index is 12.9. The number of rotatable bonds is 4. The number of benzene rings is 1. The van der Waals surface area contributed by atoms with Crippen LogP contribution in [0.5, 0.6) is 0 Å². The number of piperidine rings is 1. The van der Waals surface area contributed by atoms with Crippen molar-refractivity contribution in [3.05, 3.63) is 28.8 Å². The second-order valence-electron chi connectivity index (χ2n) is 5.87. The minimum atomic E-state index is -4.66. The molecule has 1 fully saturated rings. The number of halogens is 4. The molecule has 0 spiro atoms. The standard InChI is InChI=1S/C15H17ClF3NO4S/c1-2-14(13(21)22)7-3-4-8-20(14)25(23,24)12-6-5-10(9-11(12)16)15(17,18)19/h5-6,9H,2-4,7-8H2,1H3,(H,21,22)/t14-/m0/s1. The van der Waals surface area contributed by atoms with Crippen molar-refractivity contribution in [1.82, 2.24) is 4.31 Å². The summed E-state index contributed by atoms with van der Waals surface area (Å²) in [6.45, 7) is 1.54. The first-order valence-electron chi connectivity index (χ1n) is 7.60. The molecule has 2 rings (SSSR count). The molecule has 0 aliphatic carbocycles. The number of hydrogen-bond acceptors (Lipinski definition) is 3. The summed E-state index contributed by atoms with van der Waals surface area (Å²) >= 11 is 5.80. The normalized spacial score (nSPS) is 22.8. The van der Waals surface area contributed by atoms with Crippen molar-refractivity contribution in [2.75, 3.05) is 6.54 Å². The summed E-state index contributed by atoms with van der Waals surface area (Å²) in [5.41, 5.74) is -2.70. The van der Waals surface area contributed by atoms with E-state index < -0.39 is 43.2 Å². The van der Waals surface area contributed by atoms with Gasteiger partial charge in [-0.15, -0.1) is 0 Å². The number of carboxylic acid groups (broad SMARTS) is 1. The van der Waals surface area contributed by atoms with Crippen molar-refractivity contribution in [1.29, 1.82) is 0 Å². The Bertz CT molecular complexity index is 781. The van der Waals surface area contributed by atoms with Gasteiger partial charge in [0.2, 0.25) is 10.0 Å². The highest BCUT2D eigenvalue weighted by Crippen LogP contribution is 2.39. The zero-order chi connectivity index (χ0) is 19.0. The van der Waals surface area contributed by atoms with Gasteiger partial charge in [-0.3, -0.25) is 4.79 Å². The van der Waals surface area contributed by atoms with Gasteiger partial charge in [0, 0.05) is 6.54 Å². The number of nitrogens with zero attached hydrogens (tertiary/aromatic N) is 1. The largest absolute Gasteiger partial charge is 0.480 e. The molecule has 0 aromatic heterocycles. The number of sulfonamides is 1. The fourth-order valence-corrected chi connectivity index (χ4v) is 5.47. The molecule has 1 aliphatic heterocycles. The van der Waals surface area contributed by atoms with Gasteiger partial charge in [-0.1, -0.05) is 18.5 Å². The summed E-state index contributed by atoms with van der Waals surface area (Å²) in [5.74, 6) is -1.28. The number of alkyl halides is 3. The average Bonchev–Trinajstić information content (AvgIpc) is 2.53. The molecular formula is C15H17ClF3NO4S. The van der Waals surface area contributed by atoms with E-state index in [1.807, 2.05) is 0 Å². The molecule has 0 bridgehead atoms. The lowest BCUT2D eigenvalue weighted by atomic mass is 9.86. The minimum Gasteiger partial charge on any atom is -0.480 e. The Morgan fingerprint density at radius 3 is 2.48 bits per heavy atom. The second kappa shape index (κ2) is 6.77. The SMILES string of the molecule is CC[C@@]1(C(=O)O)CCCCN1S(=O)(=O)c1ccc(C(F)(F)F)cc1Cl. The highest BCUT2D eigenvalue weighted by atomic mass is 35.5. The smallest absolute Gasteiger partial charge is 0.416 e. The molecule has 1 N–H and O–H groups in total. The summed E-state index contributed by atoms with van der Waals surface area (Å²) in [7, 11) is -4.37. The highest BCUT2D eigenvalue weighted by molar-refractivity contribution is 7.89. The monoisotopic (exact) mass is 399 g/mol. The van der Waals surface area contributed by atoms with E-state index in [1.54, 1.807) is 6.92 Å². The van der Waals surface area contributed by atoms with Crippen LogP contribution in [0.3, 0.4) is 0 Å². The number of carboxylic acids is 1.